The molecule has 6 heteroatoms. The second-order valence-corrected chi connectivity index (χ2v) is 19.8. The molecule has 15 aromatic rings. The van der Waals surface area contributed by atoms with Crippen molar-refractivity contribution in [2.45, 2.75) is 6.42 Å². The van der Waals surface area contributed by atoms with Crippen LogP contribution in [-0.4, -0.2) is 24.1 Å². The van der Waals surface area contributed by atoms with E-state index in [9.17, 15) is 0 Å². The molecular weight excluding hydrogens is 927 g/mol. The molecule has 11 aromatic carbocycles. The molecule has 4 heterocycles. The van der Waals surface area contributed by atoms with E-state index in [1.165, 1.54) is 49.4 Å². The molecule has 0 bridgehead atoms. The van der Waals surface area contributed by atoms with Gasteiger partial charge in [-0.1, -0.05) is 194 Å². The van der Waals surface area contributed by atoms with Crippen molar-refractivity contribution in [1.29, 1.82) is 0 Å². The van der Waals surface area contributed by atoms with Gasteiger partial charge in [-0.05, 0) is 99.1 Å². The molecule has 0 radical (unpaired) electrons. The Bertz CT molecular complexity index is 4760. The van der Waals surface area contributed by atoms with Crippen LogP contribution in [0, 0.1) is 0 Å². The van der Waals surface area contributed by atoms with Gasteiger partial charge in [0.2, 0.25) is 0 Å². The zero-order valence-electron chi connectivity index (χ0n) is 41.0. The van der Waals surface area contributed by atoms with E-state index >= 15 is 0 Å². The minimum atomic E-state index is 0.586. The quantitative estimate of drug-likeness (QED) is 0.160. The Morgan fingerprint density at radius 2 is 0.868 bits per heavy atom. The maximum absolute atomic E-state index is 7.12. The van der Waals surface area contributed by atoms with Crippen LogP contribution in [0.25, 0.3) is 144 Å². The molecule has 354 valence electrons. The molecular formula is C70H43N5O. The fraction of sp³-hybridized carbons (Fsp3) is 0.0143. The van der Waals surface area contributed by atoms with Crippen molar-refractivity contribution < 1.29 is 4.42 Å². The third kappa shape index (κ3) is 6.37. The highest BCUT2D eigenvalue weighted by Crippen LogP contribution is 2.50. The van der Waals surface area contributed by atoms with Crippen LogP contribution in [0.3, 0.4) is 0 Å². The van der Waals surface area contributed by atoms with Gasteiger partial charge in [0.1, 0.15) is 5.58 Å². The molecule has 0 atom stereocenters. The average molecular weight is 970 g/mol. The summed E-state index contributed by atoms with van der Waals surface area (Å²) in [5.74, 6) is 1.80. The van der Waals surface area contributed by atoms with Gasteiger partial charge >= 0.3 is 0 Å². The molecule has 76 heavy (non-hydrogen) atoms. The van der Waals surface area contributed by atoms with Crippen molar-refractivity contribution in [2.24, 2.45) is 0 Å². The van der Waals surface area contributed by atoms with Gasteiger partial charge in [0.05, 0.1) is 22.1 Å². The maximum Gasteiger partial charge on any atom is 0.164 e. The van der Waals surface area contributed by atoms with Gasteiger partial charge in [0.15, 0.2) is 23.1 Å². The van der Waals surface area contributed by atoms with E-state index in [0.29, 0.717) is 17.5 Å². The predicted octanol–water partition coefficient (Wildman–Crippen LogP) is 17.9. The van der Waals surface area contributed by atoms with Gasteiger partial charge in [-0.2, -0.15) is 0 Å². The van der Waals surface area contributed by atoms with Crippen molar-refractivity contribution in [3.8, 4) is 78.9 Å². The molecule has 0 aliphatic heterocycles. The largest absolute Gasteiger partial charge is 0.454 e. The van der Waals surface area contributed by atoms with Crippen LogP contribution in [0.5, 0.6) is 0 Å². The zero-order valence-corrected chi connectivity index (χ0v) is 41.0. The van der Waals surface area contributed by atoms with Crippen LogP contribution in [-0.2, 0) is 6.42 Å². The topological polar surface area (TPSA) is 61.7 Å². The van der Waals surface area contributed by atoms with Crippen molar-refractivity contribution >= 4 is 65.6 Å². The summed E-state index contributed by atoms with van der Waals surface area (Å²) in [7, 11) is 0. The lowest BCUT2D eigenvalue weighted by atomic mass is 9.89. The third-order valence-electron chi connectivity index (χ3n) is 15.6. The molecule has 0 saturated heterocycles. The van der Waals surface area contributed by atoms with Crippen LogP contribution in [0.1, 0.15) is 11.1 Å². The van der Waals surface area contributed by atoms with Crippen LogP contribution in [0.2, 0.25) is 0 Å². The van der Waals surface area contributed by atoms with E-state index in [2.05, 4.69) is 221 Å². The molecule has 0 fully saturated rings. The van der Waals surface area contributed by atoms with Gasteiger partial charge in [-0.15, -0.1) is 0 Å². The Labute approximate surface area is 437 Å². The lowest BCUT2D eigenvalue weighted by molar-refractivity contribution is 0.671. The molecule has 0 amide bonds. The summed E-state index contributed by atoms with van der Waals surface area (Å²) in [5, 5.41) is 6.91. The van der Waals surface area contributed by atoms with Gasteiger partial charge in [0.25, 0.3) is 0 Å². The van der Waals surface area contributed by atoms with Crippen molar-refractivity contribution in [3.05, 3.63) is 260 Å². The summed E-state index contributed by atoms with van der Waals surface area (Å²) in [6.45, 7) is 0. The number of fused-ring (bicyclic) bond motifs is 14. The Morgan fingerprint density at radius 3 is 1.54 bits per heavy atom. The summed E-state index contributed by atoms with van der Waals surface area (Å²) >= 11 is 0. The lowest BCUT2D eigenvalue weighted by Gasteiger charge is -2.16. The second-order valence-electron chi connectivity index (χ2n) is 19.8. The Balaban J connectivity index is 0.957. The minimum Gasteiger partial charge on any atom is -0.454 e. The van der Waals surface area contributed by atoms with Crippen molar-refractivity contribution in [2.75, 3.05) is 0 Å². The number of benzene rings is 11. The fourth-order valence-corrected chi connectivity index (χ4v) is 12.3. The predicted molar refractivity (Wildman–Crippen MR) is 311 cm³/mol. The highest BCUT2D eigenvalue weighted by atomic mass is 16.3. The SMILES string of the molecule is c1ccc(-c2nc(-c3ccccc3)nc(-c3cc(-c4cccc5c4-c4ccc6c7ccccc7n(-c7ccccc7)c6c4C5)ccc3-c3cccc4oc5c(ccc6c7ccccc7n(-c7ccccc7)c65)c34)n2)cc1. The number of hydrogen-bond donors (Lipinski definition) is 0. The normalized spacial score (nSPS) is 12.2. The Kier molecular flexibility index (Phi) is 9.30. The minimum absolute atomic E-state index is 0.586. The first-order valence-electron chi connectivity index (χ1n) is 25.9. The number of rotatable bonds is 7. The van der Waals surface area contributed by atoms with Crippen molar-refractivity contribution in [1.82, 2.24) is 24.1 Å². The molecule has 0 N–H and O–H groups in total. The monoisotopic (exact) mass is 969 g/mol. The molecule has 0 saturated carbocycles. The van der Waals surface area contributed by atoms with E-state index in [0.717, 1.165) is 95.1 Å². The molecule has 1 aliphatic rings. The first-order valence-corrected chi connectivity index (χ1v) is 25.9. The average Bonchev–Trinajstić information content (AvgIpc) is 4.32. The molecule has 1 aliphatic carbocycles. The Morgan fingerprint density at radius 1 is 0.342 bits per heavy atom. The molecule has 0 spiro atoms. The first kappa shape index (κ1) is 42.3. The number of furan rings is 1. The van der Waals surface area contributed by atoms with E-state index < -0.39 is 0 Å². The Hall–Kier alpha value is -10.2. The van der Waals surface area contributed by atoms with Gasteiger partial charge in [-0.3, -0.25) is 0 Å². The summed E-state index contributed by atoms with van der Waals surface area (Å²) in [4.78, 5) is 16.0. The number of hydrogen-bond acceptors (Lipinski definition) is 4. The van der Waals surface area contributed by atoms with Crippen LogP contribution in [0.4, 0.5) is 0 Å². The van der Waals surface area contributed by atoms with Crippen LogP contribution >= 0.6 is 0 Å². The van der Waals surface area contributed by atoms with Gasteiger partial charge in [-0.25, -0.2) is 15.0 Å². The fourth-order valence-electron chi connectivity index (χ4n) is 12.3. The number of nitrogens with zero attached hydrogens (tertiary/aromatic N) is 5. The van der Waals surface area contributed by atoms with E-state index in [1.54, 1.807) is 0 Å². The third-order valence-corrected chi connectivity index (χ3v) is 15.6. The van der Waals surface area contributed by atoms with E-state index in [4.69, 9.17) is 19.4 Å². The second kappa shape index (κ2) is 16.7. The van der Waals surface area contributed by atoms with E-state index in [-0.39, 0.29) is 0 Å². The molecule has 0 unspecified atom stereocenters. The van der Waals surface area contributed by atoms with Crippen LogP contribution < -0.4 is 0 Å². The summed E-state index contributed by atoms with van der Waals surface area (Å²) < 4.78 is 11.9. The first-order chi connectivity index (χ1) is 37.7. The maximum atomic E-state index is 7.12. The summed E-state index contributed by atoms with van der Waals surface area (Å²) in [6.07, 6.45) is 0.824. The van der Waals surface area contributed by atoms with Gasteiger partial charge in [0, 0.05) is 66.8 Å². The smallest absolute Gasteiger partial charge is 0.164 e. The molecule has 16 rings (SSSR count). The van der Waals surface area contributed by atoms with E-state index in [1.807, 2.05) is 36.4 Å². The standard InChI is InChI=1S/C70H43N5O/c1-5-19-43(20-6-1)68-71-69(44-21-7-2-8-22-44)73-70(72-68)59-41-45(49-30-17-23-46-42-58-54(63(46)49)37-38-55-51-28-13-15-32-60(51)74(65(55)58)47-24-9-3-10-25-47)35-36-50(59)53-31-18-34-62-64(53)57-40-39-56-52-29-14-16-33-61(52)75(66(56)67(57)76-62)48-26-11-4-12-27-48/h1-41H,42H2. The van der Waals surface area contributed by atoms with Crippen LogP contribution in [0.15, 0.2) is 253 Å². The van der Waals surface area contributed by atoms with Gasteiger partial charge < -0.3 is 13.6 Å². The lowest BCUT2D eigenvalue weighted by Crippen LogP contribution is -2.01. The van der Waals surface area contributed by atoms with Crippen molar-refractivity contribution in [3.63, 3.8) is 0 Å². The number of aromatic nitrogens is 5. The highest BCUT2D eigenvalue weighted by Gasteiger charge is 2.29. The zero-order chi connectivity index (χ0) is 49.8. The summed E-state index contributed by atoms with van der Waals surface area (Å²) in [5.41, 5.74) is 20.7. The number of para-hydroxylation sites is 4. The summed E-state index contributed by atoms with van der Waals surface area (Å²) in [6, 6.07) is 88.6. The molecule has 4 aromatic heterocycles. The highest BCUT2D eigenvalue weighted by molar-refractivity contribution is 6.24. The molecule has 6 nitrogen and oxygen atoms in total.